The fraction of sp³-hybridized carbons (Fsp3) is 0.875. The SMILES string of the molecule is CSC(C)CCNCC(F)(F)C(=O)O. The number of alkyl halides is 2. The van der Waals surface area contributed by atoms with Crippen LogP contribution in [0.5, 0.6) is 0 Å². The van der Waals surface area contributed by atoms with Crippen molar-refractivity contribution >= 4 is 17.7 Å². The van der Waals surface area contributed by atoms with Crippen LogP contribution >= 0.6 is 11.8 Å². The van der Waals surface area contributed by atoms with Crippen LogP contribution in [0.25, 0.3) is 0 Å². The highest BCUT2D eigenvalue weighted by molar-refractivity contribution is 7.99. The van der Waals surface area contributed by atoms with Crippen LogP contribution in [0.1, 0.15) is 13.3 Å². The number of hydrogen-bond acceptors (Lipinski definition) is 3. The number of rotatable bonds is 7. The quantitative estimate of drug-likeness (QED) is 0.646. The Bertz CT molecular complexity index is 190. The van der Waals surface area contributed by atoms with Crippen LogP contribution in [-0.4, -0.2) is 41.6 Å². The Balaban J connectivity index is 3.59. The molecule has 6 heteroatoms. The van der Waals surface area contributed by atoms with Gasteiger partial charge in [-0.3, -0.25) is 0 Å². The van der Waals surface area contributed by atoms with Gasteiger partial charge < -0.3 is 10.4 Å². The summed E-state index contributed by atoms with van der Waals surface area (Å²) >= 11 is 1.65. The molecule has 0 bridgehead atoms. The second kappa shape index (κ2) is 6.19. The zero-order chi connectivity index (χ0) is 11.2. The number of carbonyl (C=O) groups is 1. The number of thioether (sulfide) groups is 1. The number of aliphatic carboxylic acids is 1. The van der Waals surface area contributed by atoms with E-state index in [1.54, 1.807) is 11.8 Å². The largest absolute Gasteiger partial charge is 0.477 e. The van der Waals surface area contributed by atoms with Gasteiger partial charge in [0.1, 0.15) is 0 Å². The summed E-state index contributed by atoms with van der Waals surface area (Å²) in [5.74, 6) is -5.74. The molecule has 0 radical (unpaired) electrons. The second-order valence-electron chi connectivity index (χ2n) is 3.02. The minimum atomic E-state index is -3.66. The molecule has 3 nitrogen and oxygen atoms in total. The Hall–Kier alpha value is -0.360. The Morgan fingerprint density at radius 1 is 1.64 bits per heavy atom. The molecule has 1 unspecified atom stereocenters. The van der Waals surface area contributed by atoms with E-state index >= 15 is 0 Å². The Morgan fingerprint density at radius 2 is 2.21 bits per heavy atom. The first-order chi connectivity index (χ1) is 6.40. The fourth-order valence-electron chi connectivity index (χ4n) is 0.744. The van der Waals surface area contributed by atoms with Crippen molar-refractivity contribution in [3.8, 4) is 0 Å². The summed E-state index contributed by atoms with van der Waals surface area (Å²) in [5, 5.41) is 10.9. The van der Waals surface area contributed by atoms with Crippen LogP contribution in [0, 0.1) is 0 Å². The maximum atomic E-state index is 12.5. The van der Waals surface area contributed by atoms with Crippen molar-refractivity contribution in [2.75, 3.05) is 19.3 Å². The highest BCUT2D eigenvalue weighted by Crippen LogP contribution is 2.12. The lowest BCUT2D eigenvalue weighted by Gasteiger charge is -2.13. The van der Waals surface area contributed by atoms with E-state index in [0.717, 1.165) is 6.42 Å². The lowest BCUT2D eigenvalue weighted by Crippen LogP contribution is -2.40. The summed E-state index contributed by atoms with van der Waals surface area (Å²) in [7, 11) is 0. The number of hydrogen-bond donors (Lipinski definition) is 2. The van der Waals surface area contributed by atoms with Gasteiger partial charge >= 0.3 is 11.9 Å². The normalized spacial score (nSPS) is 14.0. The van der Waals surface area contributed by atoms with Gasteiger partial charge in [0.2, 0.25) is 0 Å². The molecule has 0 amide bonds. The second-order valence-corrected chi connectivity index (χ2v) is 4.30. The lowest BCUT2D eigenvalue weighted by atomic mass is 10.3. The molecule has 0 spiro atoms. The third kappa shape index (κ3) is 5.39. The molecule has 0 aromatic rings. The summed E-state index contributed by atoms with van der Waals surface area (Å²) in [6.45, 7) is 1.59. The summed E-state index contributed by atoms with van der Waals surface area (Å²) in [4.78, 5) is 10.0. The Morgan fingerprint density at radius 3 is 2.64 bits per heavy atom. The van der Waals surface area contributed by atoms with E-state index in [1.165, 1.54) is 0 Å². The van der Waals surface area contributed by atoms with Gasteiger partial charge in [-0.05, 0) is 19.2 Å². The molecular formula is C8H15F2NO2S. The molecule has 0 rings (SSSR count). The molecule has 0 saturated carbocycles. The van der Waals surface area contributed by atoms with Crippen molar-refractivity contribution in [3.63, 3.8) is 0 Å². The van der Waals surface area contributed by atoms with E-state index < -0.39 is 18.4 Å². The fourth-order valence-corrected chi connectivity index (χ4v) is 1.10. The Labute approximate surface area is 86.3 Å². The molecule has 84 valence electrons. The first-order valence-electron chi connectivity index (χ1n) is 4.25. The number of nitrogens with one attached hydrogen (secondary N) is 1. The van der Waals surface area contributed by atoms with Crippen molar-refractivity contribution in [1.29, 1.82) is 0 Å². The van der Waals surface area contributed by atoms with Gasteiger partial charge in [-0.25, -0.2) is 4.79 Å². The number of carboxylic acids is 1. The van der Waals surface area contributed by atoms with Gasteiger partial charge in [-0.15, -0.1) is 0 Å². The summed E-state index contributed by atoms with van der Waals surface area (Å²) in [6.07, 6.45) is 2.69. The van der Waals surface area contributed by atoms with Crippen molar-refractivity contribution in [1.82, 2.24) is 5.32 Å². The average Bonchev–Trinajstić information content (AvgIpc) is 2.11. The predicted molar refractivity (Wildman–Crippen MR) is 53.0 cm³/mol. The average molecular weight is 227 g/mol. The van der Waals surface area contributed by atoms with E-state index in [0.29, 0.717) is 11.8 Å². The standard InChI is InChI=1S/C8H15F2NO2S/c1-6(14-2)3-4-11-5-8(9,10)7(12)13/h6,11H,3-5H2,1-2H3,(H,12,13). The van der Waals surface area contributed by atoms with Gasteiger partial charge in [0.15, 0.2) is 0 Å². The van der Waals surface area contributed by atoms with E-state index in [2.05, 4.69) is 5.32 Å². The van der Waals surface area contributed by atoms with Gasteiger partial charge in [0.25, 0.3) is 0 Å². The summed E-state index contributed by atoms with van der Waals surface area (Å²) < 4.78 is 25.0. The molecule has 0 aliphatic heterocycles. The summed E-state index contributed by atoms with van der Waals surface area (Å²) in [5.41, 5.74) is 0. The van der Waals surface area contributed by atoms with Gasteiger partial charge in [0.05, 0.1) is 6.54 Å². The molecule has 0 saturated heterocycles. The molecule has 14 heavy (non-hydrogen) atoms. The molecule has 1 atom stereocenters. The maximum absolute atomic E-state index is 12.5. The van der Waals surface area contributed by atoms with Crippen molar-refractivity contribution < 1.29 is 18.7 Å². The third-order valence-electron chi connectivity index (χ3n) is 1.79. The highest BCUT2D eigenvalue weighted by atomic mass is 32.2. The van der Waals surface area contributed by atoms with E-state index in [9.17, 15) is 13.6 Å². The van der Waals surface area contributed by atoms with Gasteiger partial charge in [-0.1, -0.05) is 6.92 Å². The maximum Gasteiger partial charge on any atom is 0.375 e. The topological polar surface area (TPSA) is 49.3 Å². The van der Waals surface area contributed by atoms with Crippen LogP contribution < -0.4 is 5.32 Å². The van der Waals surface area contributed by atoms with E-state index in [-0.39, 0.29) is 0 Å². The molecule has 0 heterocycles. The van der Waals surface area contributed by atoms with Crippen molar-refractivity contribution in [2.24, 2.45) is 0 Å². The molecule has 0 aromatic carbocycles. The predicted octanol–water partition coefficient (Wildman–Crippen LogP) is 1.44. The number of halogens is 2. The minimum Gasteiger partial charge on any atom is -0.477 e. The molecule has 0 fully saturated rings. The van der Waals surface area contributed by atoms with Crippen LogP contribution in [0.3, 0.4) is 0 Å². The van der Waals surface area contributed by atoms with Crippen molar-refractivity contribution in [3.05, 3.63) is 0 Å². The van der Waals surface area contributed by atoms with E-state index in [1.807, 2.05) is 13.2 Å². The monoisotopic (exact) mass is 227 g/mol. The van der Waals surface area contributed by atoms with Crippen LogP contribution in [0.4, 0.5) is 8.78 Å². The van der Waals surface area contributed by atoms with Crippen LogP contribution in [-0.2, 0) is 4.79 Å². The smallest absolute Gasteiger partial charge is 0.375 e. The minimum absolute atomic E-state index is 0.390. The Kier molecular flexibility index (Phi) is 6.03. The highest BCUT2D eigenvalue weighted by Gasteiger charge is 2.37. The van der Waals surface area contributed by atoms with Crippen LogP contribution in [0.15, 0.2) is 0 Å². The van der Waals surface area contributed by atoms with Crippen molar-refractivity contribution in [2.45, 2.75) is 24.5 Å². The van der Waals surface area contributed by atoms with E-state index in [4.69, 9.17) is 5.11 Å². The van der Waals surface area contributed by atoms with Gasteiger partial charge in [0, 0.05) is 5.25 Å². The molecule has 0 aromatic heterocycles. The molecular weight excluding hydrogens is 212 g/mol. The zero-order valence-corrected chi connectivity index (χ0v) is 9.03. The van der Waals surface area contributed by atoms with Gasteiger partial charge in [-0.2, -0.15) is 20.5 Å². The number of carboxylic acid groups (broad SMARTS) is 1. The molecule has 0 aliphatic carbocycles. The first kappa shape index (κ1) is 13.6. The molecule has 0 aliphatic rings. The third-order valence-corrected chi connectivity index (χ3v) is 2.83. The molecule has 2 N–H and O–H groups in total. The first-order valence-corrected chi connectivity index (χ1v) is 5.53. The lowest BCUT2D eigenvalue weighted by molar-refractivity contribution is -0.163. The summed E-state index contributed by atoms with van der Waals surface area (Å²) in [6, 6.07) is 0. The zero-order valence-electron chi connectivity index (χ0n) is 8.22. The van der Waals surface area contributed by atoms with Crippen LogP contribution in [0.2, 0.25) is 0 Å².